The van der Waals surface area contributed by atoms with Crippen molar-refractivity contribution in [1.29, 1.82) is 0 Å². The number of hydrogen-bond donors (Lipinski definition) is 1. The molecule has 0 radical (unpaired) electrons. The summed E-state index contributed by atoms with van der Waals surface area (Å²) in [5.74, 6) is -0.621. The first kappa shape index (κ1) is 20.1. The van der Waals surface area contributed by atoms with Crippen LogP contribution in [-0.2, 0) is 19.5 Å². The Balaban J connectivity index is 2.03. The summed E-state index contributed by atoms with van der Waals surface area (Å²) < 4.78 is 37.8. The topological polar surface area (TPSA) is 84.9 Å². The van der Waals surface area contributed by atoms with Gasteiger partial charge in [-0.1, -0.05) is 11.6 Å². The quantitative estimate of drug-likeness (QED) is 0.741. The number of morpholine rings is 1. The molecule has 0 bridgehead atoms. The fourth-order valence-electron chi connectivity index (χ4n) is 2.84. The molecule has 0 spiro atoms. The van der Waals surface area contributed by atoms with Crippen molar-refractivity contribution in [2.75, 3.05) is 33.3 Å². The molecule has 1 aliphatic heterocycles. The molecule has 25 heavy (non-hydrogen) atoms. The Bertz CT molecular complexity index is 715. The third-order valence-electron chi connectivity index (χ3n) is 3.86. The summed E-state index contributed by atoms with van der Waals surface area (Å²) in [6.07, 6.45) is 0.234. The van der Waals surface area contributed by atoms with Crippen LogP contribution in [0, 0.1) is 0 Å². The highest BCUT2D eigenvalue weighted by Gasteiger charge is 2.23. The molecular weight excluding hydrogens is 368 g/mol. The Kier molecular flexibility index (Phi) is 6.81. The number of benzene rings is 1. The van der Waals surface area contributed by atoms with Gasteiger partial charge in [0, 0.05) is 26.2 Å². The lowest BCUT2D eigenvalue weighted by molar-refractivity contribution is -0.0671. The SMILES string of the molecule is COC(=O)c1ccc(Cl)c(S(=O)(=O)NCCN2CC(C)OC(C)C2)c1. The van der Waals surface area contributed by atoms with Gasteiger partial charge in [-0.25, -0.2) is 17.9 Å². The van der Waals surface area contributed by atoms with Crippen LogP contribution in [0.2, 0.25) is 5.02 Å². The van der Waals surface area contributed by atoms with E-state index in [1.165, 1.54) is 25.3 Å². The van der Waals surface area contributed by atoms with Crippen LogP contribution in [0.4, 0.5) is 0 Å². The highest BCUT2D eigenvalue weighted by molar-refractivity contribution is 7.89. The molecule has 2 atom stereocenters. The van der Waals surface area contributed by atoms with Gasteiger partial charge in [0.2, 0.25) is 10.0 Å². The maximum Gasteiger partial charge on any atom is 0.337 e. The lowest BCUT2D eigenvalue weighted by Crippen LogP contribution is -2.47. The predicted molar refractivity (Wildman–Crippen MR) is 94.4 cm³/mol. The Labute approximate surface area is 153 Å². The van der Waals surface area contributed by atoms with E-state index in [0.717, 1.165) is 13.1 Å². The zero-order valence-electron chi connectivity index (χ0n) is 14.5. The molecule has 2 rings (SSSR count). The summed E-state index contributed by atoms with van der Waals surface area (Å²) in [6, 6.07) is 4.01. The summed E-state index contributed by atoms with van der Waals surface area (Å²) in [5, 5.41) is 0.0498. The number of halogens is 1. The summed E-state index contributed by atoms with van der Waals surface area (Å²) >= 11 is 6.00. The molecule has 1 aromatic rings. The van der Waals surface area contributed by atoms with Crippen molar-refractivity contribution in [3.63, 3.8) is 0 Å². The van der Waals surface area contributed by atoms with E-state index in [9.17, 15) is 13.2 Å². The fourth-order valence-corrected chi connectivity index (χ4v) is 4.38. The molecule has 0 aliphatic carbocycles. The highest BCUT2D eigenvalue weighted by Crippen LogP contribution is 2.23. The molecule has 1 aliphatic rings. The Hall–Kier alpha value is -1.19. The first-order chi connectivity index (χ1) is 11.7. The monoisotopic (exact) mass is 390 g/mol. The summed E-state index contributed by atoms with van der Waals surface area (Å²) in [6.45, 7) is 6.29. The number of methoxy groups -OCH3 is 1. The number of ether oxygens (including phenoxy) is 2. The van der Waals surface area contributed by atoms with Gasteiger partial charge >= 0.3 is 5.97 Å². The number of esters is 1. The maximum absolute atomic E-state index is 12.5. The second-order valence-corrected chi connectivity index (χ2v) is 8.19. The molecule has 1 fully saturated rings. The third kappa shape index (κ3) is 5.39. The van der Waals surface area contributed by atoms with Gasteiger partial charge in [-0.3, -0.25) is 4.90 Å². The first-order valence-corrected chi connectivity index (χ1v) is 9.84. The number of rotatable bonds is 6. The minimum absolute atomic E-state index is 0.0498. The number of sulfonamides is 1. The van der Waals surface area contributed by atoms with Gasteiger partial charge in [-0.15, -0.1) is 0 Å². The molecule has 9 heteroatoms. The minimum Gasteiger partial charge on any atom is -0.465 e. The van der Waals surface area contributed by atoms with E-state index in [2.05, 4.69) is 14.4 Å². The Morgan fingerprint density at radius 2 is 2.00 bits per heavy atom. The number of carbonyl (C=O) groups excluding carboxylic acids is 1. The van der Waals surface area contributed by atoms with Crippen LogP contribution < -0.4 is 4.72 Å². The fraction of sp³-hybridized carbons (Fsp3) is 0.562. The van der Waals surface area contributed by atoms with Gasteiger partial charge in [-0.05, 0) is 32.0 Å². The molecule has 1 heterocycles. The average molecular weight is 391 g/mol. The summed E-state index contributed by atoms with van der Waals surface area (Å²) in [7, 11) is -2.60. The van der Waals surface area contributed by atoms with Gasteiger partial charge in [0.25, 0.3) is 0 Å². The molecule has 140 valence electrons. The van der Waals surface area contributed by atoms with Crippen LogP contribution in [0.1, 0.15) is 24.2 Å². The van der Waals surface area contributed by atoms with E-state index in [4.69, 9.17) is 16.3 Å². The largest absolute Gasteiger partial charge is 0.465 e. The Morgan fingerprint density at radius 3 is 2.60 bits per heavy atom. The molecule has 1 saturated heterocycles. The summed E-state index contributed by atoms with van der Waals surface area (Å²) in [5.41, 5.74) is 0.128. The van der Waals surface area contributed by atoms with Crippen molar-refractivity contribution in [2.45, 2.75) is 31.0 Å². The van der Waals surface area contributed by atoms with Crippen LogP contribution in [-0.4, -0.2) is 64.8 Å². The van der Waals surface area contributed by atoms with Gasteiger partial charge < -0.3 is 9.47 Å². The summed E-state index contributed by atoms with van der Waals surface area (Å²) in [4.78, 5) is 13.6. The van der Waals surface area contributed by atoms with Crippen LogP contribution in [0.5, 0.6) is 0 Å². The molecule has 0 saturated carbocycles. The van der Waals surface area contributed by atoms with Crippen molar-refractivity contribution in [3.8, 4) is 0 Å². The Morgan fingerprint density at radius 1 is 1.36 bits per heavy atom. The van der Waals surface area contributed by atoms with Crippen LogP contribution in [0.3, 0.4) is 0 Å². The molecule has 1 aromatic carbocycles. The lowest BCUT2D eigenvalue weighted by atomic mass is 10.2. The van der Waals surface area contributed by atoms with Gasteiger partial charge in [0.15, 0.2) is 0 Å². The number of nitrogens with one attached hydrogen (secondary N) is 1. The third-order valence-corrected chi connectivity index (χ3v) is 5.80. The predicted octanol–water partition coefficient (Wildman–Crippen LogP) is 1.51. The average Bonchev–Trinajstić information content (AvgIpc) is 2.53. The zero-order chi connectivity index (χ0) is 18.6. The smallest absolute Gasteiger partial charge is 0.337 e. The van der Waals surface area contributed by atoms with E-state index in [1.54, 1.807) is 0 Å². The van der Waals surface area contributed by atoms with Crippen molar-refractivity contribution in [1.82, 2.24) is 9.62 Å². The molecule has 2 unspecified atom stereocenters. The van der Waals surface area contributed by atoms with E-state index in [1.807, 2.05) is 13.8 Å². The van der Waals surface area contributed by atoms with Crippen molar-refractivity contribution >= 4 is 27.6 Å². The van der Waals surface area contributed by atoms with Crippen LogP contribution in [0.25, 0.3) is 0 Å². The van der Waals surface area contributed by atoms with Crippen molar-refractivity contribution in [3.05, 3.63) is 28.8 Å². The van der Waals surface area contributed by atoms with Crippen LogP contribution in [0.15, 0.2) is 23.1 Å². The van der Waals surface area contributed by atoms with E-state index in [0.29, 0.717) is 6.54 Å². The normalized spacial score (nSPS) is 21.9. The van der Waals surface area contributed by atoms with E-state index >= 15 is 0 Å². The molecule has 7 nitrogen and oxygen atoms in total. The molecule has 0 amide bonds. The number of hydrogen-bond acceptors (Lipinski definition) is 6. The molecular formula is C16H23ClN2O5S. The van der Waals surface area contributed by atoms with Gasteiger partial charge in [0.1, 0.15) is 4.90 Å². The second-order valence-electron chi connectivity index (χ2n) is 6.05. The zero-order valence-corrected chi connectivity index (χ0v) is 16.1. The van der Waals surface area contributed by atoms with E-state index < -0.39 is 16.0 Å². The number of nitrogens with zero attached hydrogens (tertiary/aromatic N) is 1. The van der Waals surface area contributed by atoms with Gasteiger partial charge in [-0.2, -0.15) is 0 Å². The van der Waals surface area contributed by atoms with Crippen molar-refractivity contribution in [2.24, 2.45) is 0 Å². The minimum atomic E-state index is -3.83. The molecule has 0 aromatic heterocycles. The highest BCUT2D eigenvalue weighted by atomic mass is 35.5. The van der Waals surface area contributed by atoms with Gasteiger partial charge in [0.05, 0.1) is 29.9 Å². The van der Waals surface area contributed by atoms with Crippen molar-refractivity contribution < 1.29 is 22.7 Å². The standard InChI is InChI=1S/C16H23ClN2O5S/c1-11-9-19(10-12(2)24-11)7-6-18-25(21,22)15-8-13(16(20)23-3)4-5-14(15)17/h4-5,8,11-12,18H,6-7,9-10H2,1-3H3. The first-order valence-electron chi connectivity index (χ1n) is 7.98. The van der Waals surface area contributed by atoms with E-state index in [-0.39, 0.29) is 34.2 Å². The van der Waals surface area contributed by atoms with Crippen LogP contribution >= 0.6 is 11.6 Å². The maximum atomic E-state index is 12.5. The second kappa shape index (κ2) is 8.46. The lowest BCUT2D eigenvalue weighted by Gasteiger charge is -2.35. The molecule has 1 N–H and O–H groups in total. The number of carbonyl (C=O) groups is 1.